The van der Waals surface area contributed by atoms with Crippen LogP contribution in [0.4, 0.5) is 0 Å². The van der Waals surface area contributed by atoms with Crippen LogP contribution in [0.15, 0.2) is 158 Å². The zero-order chi connectivity index (χ0) is 53.6. The van der Waals surface area contributed by atoms with Crippen LogP contribution in [0.2, 0.25) is 0 Å². The van der Waals surface area contributed by atoms with Crippen molar-refractivity contribution in [2.75, 3.05) is 13.2 Å². The Hall–Kier alpha value is -4.97. The summed E-state index contributed by atoms with van der Waals surface area (Å²) in [6.45, 7) is 6.29. The Bertz CT molecular complexity index is 1690. The van der Waals surface area contributed by atoms with Crippen LogP contribution in [0.3, 0.4) is 0 Å². The van der Waals surface area contributed by atoms with Crippen LogP contribution in [0, 0.1) is 0 Å². The predicted molar refractivity (Wildman–Crippen MR) is 320 cm³/mol. The van der Waals surface area contributed by atoms with E-state index in [0.29, 0.717) is 19.3 Å². The van der Waals surface area contributed by atoms with Crippen molar-refractivity contribution >= 4 is 17.9 Å². The van der Waals surface area contributed by atoms with Gasteiger partial charge in [0.1, 0.15) is 13.2 Å². The van der Waals surface area contributed by atoms with Crippen molar-refractivity contribution in [3.05, 3.63) is 158 Å². The first-order chi connectivity index (χ1) is 36.5. The maximum atomic E-state index is 12.8. The third kappa shape index (κ3) is 57.9. The summed E-state index contributed by atoms with van der Waals surface area (Å²) in [5.41, 5.74) is 0. The fourth-order valence-corrected chi connectivity index (χ4v) is 7.42. The first-order valence-electron chi connectivity index (χ1n) is 29.5. The number of unbranched alkanes of at least 4 members (excludes halogenated alkanes) is 14. The highest BCUT2D eigenvalue weighted by atomic mass is 16.6. The van der Waals surface area contributed by atoms with Crippen molar-refractivity contribution in [1.82, 2.24) is 0 Å². The zero-order valence-electron chi connectivity index (χ0n) is 47.3. The van der Waals surface area contributed by atoms with Crippen molar-refractivity contribution in [3.63, 3.8) is 0 Å². The number of rotatable bonds is 51. The van der Waals surface area contributed by atoms with E-state index in [2.05, 4.69) is 179 Å². The van der Waals surface area contributed by atoms with Crippen LogP contribution in [-0.2, 0) is 28.6 Å². The molecular weight excluding hydrogens is 913 g/mol. The molecule has 0 aromatic carbocycles. The molecule has 0 heterocycles. The molecule has 1 atom stereocenters. The number of esters is 3. The molecule has 0 radical (unpaired) electrons. The van der Waals surface area contributed by atoms with Gasteiger partial charge in [0.2, 0.25) is 0 Å². The van der Waals surface area contributed by atoms with E-state index < -0.39 is 6.10 Å². The smallest absolute Gasteiger partial charge is 0.306 e. The topological polar surface area (TPSA) is 78.9 Å². The number of hydrogen-bond donors (Lipinski definition) is 0. The lowest BCUT2D eigenvalue weighted by atomic mass is 10.1. The van der Waals surface area contributed by atoms with Crippen molar-refractivity contribution in [1.29, 1.82) is 0 Å². The fourth-order valence-electron chi connectivity index (χ4n) is 7.42. The number of hydrogen-bond acceptors (Lipinski definition) is 6. The van der Waals surface area contributed by atoms with E-state index in [1.807, 2.05) is 0 Å². The molecule has 0 aliphatic carbocycles. The molecule has 0 fully saturated rings. The van der Waals surface area contributed by atoms with Crippen molar-refractivity contribution in [2.45, 2.75) is 239 Å². The Morgan fingerprint density at radius 2 is 0.527 bits per heavy atom. The van der Waals surface area contributed by atoms with E-state index in [1.54, 1.807) is 0 Å². The third-order valence-electron chi connectivity index (χ3n) is 11.8. The highest BCUT2D eigenvalue weighted by molar-refractivity contribution is 5.71. The molecule has 0 aliphatic heterocycles. The molecule has 0 bridgehead atoms. The molecule has 414 valence electrons. The summed E-state index contributed by atoms with van der Waals surface area (Å²) in [6.07, 6.45) is 88.4. The fraction of sp³-hybridized carbons (Fsp3) is 0.574. The van der Waals surface area contributed by atoms with Crippen LogP contribution < -0.4 is 0 Å². The third-order valence-corrected chi connectivity index (χ3v) is 11.8. The summed E-state index contributed by atoms with van der Waals surface area (Å²) >= 11 is 0. The Morgan fingerprint density at radius 1 is 0.284 bits per heavy atom. The molecule has 0 N–H and O–H groups in total. The molecule has 6 nitrogen and oxygen atoms in total. The summed E-state index contributed by atoms with van der Waals surface area (Å²) < 4.78 is 16.7. The van der Waals surface area contributed by atoms with Gasteiger partial charge in [-0.15, -0.1) is 0 Å². The average Bonchev–Trinajstić information content (AvgIpc) is 3.40. The second kappa shape index (κ2) is 60.6. The second-order valence-electron chi connectivity index (χ2n) is 18.8. The monoisotopic (exact) mass is 1020 g/mol. The summed E-state index contributed by atoms with van der Waals surface area (Å²) in [7, 11) is 0. The minimum atomic E-state index is -0.804. The predicted octanol–water partition coefficient (Wildman–Crippen LogP) is 20.1. The number of allylic oxidation sites excluding steroid dienone is 26. The van der Waals surface area contributed by atoms with Crippen LogP contribution >= 0.6 is 0 Å². The summed E-state index contributed by atoms with van der Waals surface area (Å²) in [4.78, 5) is 37.9. The molecule has 0 spiro atoms. The highest BCUT2D eigenvalue weighted by Gasteiger charge is 2.19. The molecule has 1 unspecified atom stereocenters. The molecule has 0 aliphatic rings. The van der Waals surface area contributed by atoms with Gasteiger partial charge in [-0.2, -0.15) is 0 Å². The van der Waals surface area contributed by atoms with Crippen molar-refractivity contribution in [2.24, 2.45) is 0 Å². The minimum absolute atomic E-state index is 0.101. The van der Waals surface area contributed by atoms with Gasteiger partial charge in [-0.25, -0.2) is 0 Å². The number of carbonyl (C=O) groups excluding carboxylic acids is 3. The van der Waals surface area contributed by atoms with E-state index in [0.717, 1.165) is 161 Å². The van der Waals surface area contributed by atoms with Gasteiger partial charge >= 0.3 is 17.9 Å². The highest BCUT2D eigenvalue weighted by Crippen LogP contribution is 2.13. The lowest BCUT2D eigenvalue weighted by molar-refractivity contribution is -0.167. The first-order valence-corrected chi connectivity index (χ1v) is 29.5. The SMILES string of the molecule is CC/C=C\C/C=C\C/C=C\C/C=C\C/C=C\C/C=C\C/C=C\C/C=C\C/C=C\CCCCCC(=O)OCC(COC(=O)CCCCCCCC)OC(=O)CCCCCCCC/C=C\C/C=C\C/C=C\C/C=C\CC. The Labute approximate surface area is 454 Å². The van der Waals surface area contributed by atoms with Gasteiger partial charge in [0, 0.05) is 19.3 Å². The quantitative estimate of drug-likeness (QED) is 0.0261. The van der Waals surface area contributed by atoms with Gasteiger partial charge in [0.25, 0.3) is 0 Å². The molecule has 74 heavy (non-hydrogen) atoms. The second-order valence-corrected chi connectivity index (χ2v) is 18.8. The van der Waals surface area contributed by atoms with E-state index in [9.17, 15) is 14.4 Å². The van der Waals surface area contributed by atoms with E-state index in [1.165, 1.54) is 32.1 Å². The number of carbonyl (C=O) groups is 3. The Balaban J connectivity index is 4.26. The standard InChI is InChI=1S/C68H106O6/c1-4-7-10-13-16-18-20-22-24-26-28-29-30-31-32-33-34-35-36-37-38-39-41-42-44-46-48-50-52-55-58-61-67(70)73-64-65(63-72-66(69)60-57-54-15-12-9-6-3)74-68(71)62-59-56-53-51-49-47-45-43-40-27-25-23-21-19-17-14-11-8-5-2/h7-8,10-11,16-19,22-25,28-29,31-32,34-35,37-38,40-43,46,48,65H,4-6,9,12-15,20-21,26-27,30,33,36,39,44-45,47,49-64H2,1-3H3/b10-7-,11-8-,18-16-,19-17-,24-22-,25-23-,29-28-,32-31-,35-34-,38-37-,42-41-,43-40-,48-46-. The maximum Gasteiger partial charge on any atom is 0.306 e. The number of ether oxygens (including phenoxy) is 3. The summed E-state index contributed by atoms with van der Waals surface area (Å²) in [6, 6.07) is 0. The molecule has 0 amide bonds. The lowest BCUT2D eigenvalue weighted by Gasteiger charge is -2.18. The molecule has 0 saturated carbocycles. The van der Waals surface area contributed by atoms with Crippen molar-refractivity contribution in [3.8, 4) is 0 Å². The van der Waals surface area contributed by atoms with E-state index in [-0.39, 0.29) is 31.1 Å². The van der Waals surface area contributed by atoms with Gasteiger partial charge in [-0.05, 0) is 128 Å². The Morgan fingerprint density at radius 3 is 0.838 bits per heavy atom. The van der Waals surface area contributed by atoms with Crippen LogP contribution in [0.1, 0.15) is 233 Å². The maximum absolute atomic E-state index is 12.8. The largest absolute Gasteiger partial charge is 0.462 e. The first kappa shape index (κ1) is 69.0. The van der Waals surface area contributed by atoms with Crippen LogP contribution in [-0.4, -0.2) is 37.2 Å². The minimum Gasteiger partial charge on any atom is -0.462 e. The molecular formula is C68H106O6. The molecule has 0 saturated heterocycles. The summed E-state index contributed by atoms with van der Waals surface area (Å²) in [5, 5.41) is 0. The molecule has 6 heteroatoms. The van der Waals surface area contributed by atoms with E-state index in [4.69, 9.17) is 14.2 Å². The Kier molecular flexibility index (Phi) is 56.5. The molecule has 0 aromatic heterocycles. The zero-order valence-corrected chi connectivity index (χ0v) is 47.3. The molecule has 0 rings (SSSR count). The van der Waals surface area contributed by atoms with E-state index >= 15 is 0 Å². The van der Waals surface area contributed by atoms with Gasteiger partial charge in [0.05, 0.1) is 0 Å². The molecule has 0 aromatic rings. The van der Waals surface area contributed by atoms with Gasteiger partial charge in [0.15, 0.2) is 6.10 Å². The van der Waals surface area contributed by atoms with Gasteiger partial charge in [-0.1, -0.05) is 243 Å². The lowest BCUT2D eigenvalue weighted by Crippen LogP contribution is -2.30. The van der Waals surface area contributed by atoms with Crippen molar-refractivity contribution < 1.29 is 28.6 Å². The summed E-state index contributed by atoms with van der Waals surface area (Å²) in [5.74, 6) is -0.968. The van der Waals surface area contributed by atoms with Gasteiger partial charge < -0.3 is 14.2 Å². The van der Waals surface area contributed by atoms with Crippen LogP contribution in [0.5, 0.6) is 0 Å². The van der Waals surface area contributed by atoms with Crippen LogP contribution in [0.25, 0.3) is 0 Å². The normalized spacial score (nSPS) is 13.3. The van der Waals surface area contributed by atoms with Gasteiger partial charge in [-0.3, -0.25) is 14.4 Å². The average molecular weight is 1020 g/mol.